The van der Waals surface area contributed by atoms with Gasteiger partial charge >= 0.3 is 0 Å². The lowest BCUT2D eigenvalue weighted by Crippen LogP contribution is -2.52. The molecule has 1 N–H and O–H groups in total. The average Bonchev–Trinajstić information content (AvgIpc) is 3.18. The van der Waals surface area contributed by atoms with Gasteiger partial charge in [0.05, 0.1) is 16.2 Å². The Morgan fingerprint density at radius 3 is 2.47 bits per heavy atom. The minimum Gasteiger partial charge on any atom is -0.360 e. The van der Waals surface area contributed by atoms with Crippen LogP contribution in [-0.4, -0.2) is 63.4 Å². The highest BCUT2D eigenvalue weighted by Gasteiger charge is 2.31. The predicted octanol–water partition coefficient (Wildman–Crippen LogP) is 3.65. The Kier molecular flexibility index (Phi) is 5.90. The summed E-state index contributed by atoms with van der Waals surface area (Å²) in [6.07, 6.45) is 5.60. The Labute approximate surface area is 191 Å². The molecule has 1 aliphatic heterocycles. The molecule has 4 rings (SSSR count). The van der Waals surface area contributed by atoms with Crippen molar-refractivity contribution in [2.45, 2.75) is 6.42 Å². The number of amides is 2. The molecule has 2 aliphatic rings. The third kappa shape index (κ3) is 3.87. The number of rotatable bonds is 3. The molecule has 30 heavy (non-hydrogen) atoms. The number of nitrogens with zero attached hydrogens (tertiary/aromatic N) is 2. The van der Waals surface area contributed by atoms with E-state index in [9.17, 15) is 14.4 Å². The fourth-order valence-corrected chi connectivity index (χ4v) is 4.81. The second-order valence-electron chi connectivity index (χ2n) is 7.07. The maximum atomic E-state index is 12.8. The molecule has 0 bridgehead atoms. The quantitative estimate of drug-likeness (QED) is 0.392. The zero-order valence-electron chi connectivity index (χ0n) is 15.8. The Balaban J connectivity index is 1.44. The van der Waals surface area contributed by atoms with Gasteiger partial charge in [-0.05, 0) is 18.2 Å². The minimum atomic E-state index is -0.611. The second kappa shape index (κ2) is 8.45. The van der Waals surface area contributed by atoms with Crippen molar-refractivity contribution in [2.24, 2.45) is 0 Å². The van der Waals surface area contributed by atoms with Gasteiger partial charge in [0.2, 0.25) is 0 Å². The molecular weight excluding hydrogens is 490 g/mol. The van der Waals surface area contributed by atoms with Gasteiger partial charge in [0.15, 0.2) is 0 Å². The van der Waals surface area contributed by atoms with Crippen LogP contribution in [0.15, 0.2) is 46.6 Å². The zero-order valence-corrected chi connectivity index (χ0v) is 18.9. The van der Waals surface area contributed by atoms with E-state index in [4.69, 9.17) is 23.8 Å². The average molecular weight is 507 g/mol. The summed E-state index contributed by atoms with van der Waals surface area (Å²) in [4.78, 5) is 45.1. The highest BCUT2D eigenvalue weighted by molar-refractivity contribution is 9.11. The normalized spacial score (nSPS) is 17.1. The standard InChI is InChI=1S/C21H17BrClN3O3S/c22-12-4-5-13(17(30)10-12)20(28)25-6-8-26(9-7-25)21(29)19(27)14-11-24-16-3-1-2-15(23)18(14)16/h1-5,11,24H,6-10H2. The number of aromatic nitrogens is 1. The first-order valence-electron chi connectivity index (χ1n) is 9.35. The van der Waals surface area contributed by atoms with Gasteiger partial charge in [-0.3, -0.25) is 14.4 Å². The molecule has 6 nitrogen and oxygen atoms in total. The highest BCUT2D eigenvalue weighted by Crippen LogP contribution is 2.27. The van der Waals surface area contributed by atoms with E-state index in [1.807, 2.05) is 6.08 Å². The monoisotopic (exact) mass is 505 g/mol. The van der Waals surface area contributed by atoms with E-state index >= 15 is 0 Å². The number of nitrogens with one attached hydrogen (secondary N) is 1. The Hall–Kier alpha value is -2.29. The van der Waals surface area contributed by atoms with Crippen LogP contribution in [0.1, 0.15) is 16.8 Å². The van der Waals surface area contributed by atoms with E-state index in [1.54, 1.807) is 29.2 Å². The van der Waals surface area contributed by atoms with Crippen LogP contribution in [0, 0.1) is 0 Å². The van der Waals surface area contributed by atoms with Gasteiger partial charge in [-0.25, -0.2) is 0 Å². The number of halogens is 2. The number of hydrogen-bond acceptors (Lipinski definition) is 4. The SMILES string of the molecule is O=C(C(=O)N1CCN(C(=O)C2=CC=C(Br)CC2=S)CC1)c1c[nH]c2cccc(Cl)c12. The van der Waals surface area contributed by atoms with Crippen molar-refractivity contribution < 1.29 is 14.4 Å². The molecule has 1 aromatic heterocycles. The van der Waals surface area contributed by atoms with Crippen LogP contribution in [0.2, 0.25) is 5.02 Å². The first kappa shape index (κ1) is 21.0. The Morgan fingerprint density at radius 2 is 1.77 bits per heavy atom. The number of Topliss-reactive ketones (excluding diaryl/α,β-unsaturated/α-hetero) is 1. The van der Waals surface area contributed by atoms with E-state index in [0.29, 0.717) is 45.9 Å². The topological polar surface area (TPSA) is 73.5 Å². The smallest absolute Gasteiger partial charge is 0.295 e. The van der Waals surface area contributed by atoms with Crippen molar-refractivity contribution in [1.82, 2.24) is 14.8 Å². The van der Waals surface area contributed by atoms with Crippen LogP contribution >= 0.6 is 39.7 Å². The third-order valence-corrected chi connectivity index (χ3v) is 6.46. The number of carbonyl (C=O) groups excluding carboxylic acids is 3. The van der Waals surface area contributed by atoms with E-state index in [0.717, 1.165) is 4.48 Å². The summed E-state index contributed by atoms with van der Waals surface area (Å²) in [5, 5.41) is 0.959. The van der Waals surface area contributed by atoms with Gasteiger partial charge in [-0.2, -0.15) is 0 Å². The van der Waals surface area contributed by atoms with Crippen molar-refractivity contribution in [2.75, 3.05) is 26.2 Å². The summed E-state index contributed by atoms with van der Waals surface area (Å²) in [6, 6.07) is 5.25. The summed E-state index contributed by atoms with van der Waals surface area (Å²) in [5.74, 6) is -1.35. The number of aromatic amines is 1. The van der Waals surface area contributed by atoms with E-state index in [1.165, 1.54) is 11.1 Å². The summed E-state index contributed by atoms with van der Waals surface area (Å²) < 4.78 is 0.940. The van der Waals surface area contributed by atoms with Gasteiger partial charge in [0.25, 0.3) is 17.6 Å². The number of allylic oxidation sites excluding steroid dienone is 3. The van der Waals surface area contributed by atoms with Crippen molar-refractivity contribution in [3.8, 4) is 0 Å². The van der Waals surface area contributed by atoms with Crippen LogP contribution in [0.25, 0.3) is 10.9 Å². The van der Waals surface area contributed by atoms with Crippen molar-refractivity contribution in [1.29, 1.82) is 0 Å². The van der Waals surface area contributed by atoms with Crippen LogP contribution < -0.4 is 0 Å². The minimum absolute atomic E-state index is 0.141. The fraction of sp³-hybridized carbons (Fsp3) is 0.238. The highest BCUT2D eigenvalue weighted by atomic mass is 79.9. The molecule has 2 aromatic rings. The van der Waals surface area contributed by atoms with Crippen LogP contribution in [0.4, 0.5) is 0 Å². The fourth-order valence-electron chi connectivity index (χ4n) is 3.63. The molecule has 0 saturated carbocycles. The molecule has 1 aliphatic carbocycles. The molecule has 1 aromatic carbocycles. The summed E-state index contributed by atoms with van der Waals surface area (Å²) in [5.41, 5.74) is 1.47. The molecule has 1 saturated heterocycles. The number of hydrogen-bond donors (Lipinski definition) is 1. The third-order valence-electron chi connectivity index (χ3n) is 5.24. The molecule has 1 fully saturated rings. The summed E-state index contributed by atoms with van der Waals surface area (Å²) in [6.45, 7) is 1.26. The molecule has 0 spiro atoms. The Bertz CT molecular complexity index is 1150. The number of carbonyl (C=O) groups is 3. The number of ketones is 1. The lowest BCUT2D eigenvalue weighted by Gasteiger charge is -2.35. The first-order valence-corrected chi connectivity index (χ1v) is 10.9. The lowest BCUT2D eigenvalue weighted by atomic mass is 10.0. The molecule has 2 heterocycles. The van der Waals surface area contributed by atoms with Crippen LogP contribution in [-0.2, 0) is 9.59 Å². The van der Waals surface area contributed by atoms with Crippen LogP contribution in [0.3, 0.4) is 0 Å². The summed E-state index contributed by atoms with van der Waals surface area (Å²) in [7, 11) is 0. The molecule has 0 unspecified atom stereocenters. The van der Waals surface area contributed by atoms with Crippen molar-refractivity contribution in [3.63, 3.8) is 0 Å². The lowest BCUT2D eigenvalue weighted by molar-refractivity contribution is -0.134. The molecule has 9 heteroatoms. The molecule has 0 atom stereocenters. The van der Waals surface area contributed by atoms with E-state index in [-0.39, 0.29) is 24.6 Å². The number of fused-ring (bicyclic) bond motifs is 1. The number of thiocarbonyl (C=S) groups is 1. The van der Waals surface area contributed by atoms with Crippen molar-refractivity contribution >= 4 is 73.1 Å². The second-order valence-corrected chi connectivity index (χ2v) is 8.99. The molecule has 2 amide bonds. The molecule has 0 radical (unpaired) electrons. The van der Waals surface area contributed by atoms with Crippen molar-refractivity contribution in [3.05, 3.63) is 57.2 Å². The summed E-state index contributed by atoms with van der Waals surface area (Å²) >= 11 is 14.9. The zero-order chi connectivity index (χ0) is 21.4. The molecular formula is C21H17BrClN3O3S. The van der Waals surface area contributed by atoms with E-state index < -0.39 is 11.7 Å². The van der Waals surface area contributed by atoms with Gasteiger partial charge in [0, 0.05) is 59.0 Å². The van der Waals surface area contributed by atoms with Gasteiger partial charge in [0.1, 0.15) is 0 Å². The number of benzene rings is 1. The maximum Gasteiger partial charge on any atom is 0.295 e. The number of H-pyrrole nitrogens is 1. The largest absolute Gasteiger partial charge is 0.360 e. The first-order chi connectivity index (χ1) is 14.4. The Morgan fingerprint density at radius 1 is 1.07 bits per heavy atom. The molecule has 154 valence electrons. The van der Waals surface area contributed by atoms with Gasteiger partial charge in [-0.1, -0.05) is 51.9 Å². The van der Waals surface area contributed by atoms with Gasteiger partial charge in [-0.15, -0.1) is 0 Å². The van der Waals surface area contributed by atoms with Crippen LogP contribution in [0.5, 0.6) is 0 Å². The number of piperazine rings is 1. The van der Waals surface area contributed by atoms with E-state index in [2.05, 4.69) is 20.9 Å². The van der Waals surface area contributed by atoms with Gasteiger partial charge < -0.3 is 14.8 Å². The predicted molar refractivity (Wildman–Crippen MR) is 123 cm³/mol. The maximum absolute atomic E-state index is 12.8.